The van der Waals surface area contributed by atoms with E-state index in [9.17, 15) is 23.1 Å². The number of aromatic nitrogens is 1. The van der Waals surface area contributed by atoms with Crippen LogP contribution >= 0.6 is 0 Å². The average Bonchev–Trinajstić information content (AvgIpc) is 2.59. The molecule has 1 aliphatic rings. The van der Waals surface area contributed by atoms with E-state index in [0.717, 1.165) is 14.0 Å². The van der Waals surface area contributed by atoms with Crippen LogP contribution < -0.4 is 0 Å². The molecule has 0 bridgehead atoms. The lowest BCUT2D eigenvalue weighted by Gasteiger charge is -2.25. The summed E-state index contributed by atoms with van der Waals surface area (Å²) in [7, 11) is -3.12. The van der Waals surface area contributed by atoms with Gasteiger partial charge in [-0.15, -0.1) is 0 Å². The number of aliphatic hydroxyl groups is 1. The van der Waals surface area contributed by atoms with Gasteiger partial charge in [0.2, 0.25) is 0 Å². The summed E-state index contributed by atoms with van der Waals surface area (Å²) in [5, 5.41) is 9.54. The molecular weight excluding hydrogens is 288 g/mol. The molecular formula is C11H12N2O6S. The molecule has 1 aromatic heterocycles. The lowest BCUT2D eigenvalue weighted by atomic mass is 10.1. The van der Waals surface area contributed by atoms with Crippen molar-refractivity contribution < 1.29 is 27.9 Å². The number of fused-ring (bicyclic) bond motifs is 1. The van der Waals surface area contributed by atoms with Crippen LogP contribution in [0, 0.1) is 0 Å². The first-order chi connectivity index (χ1) is 9.21. The van der Waals surface area contributed by atoms with Crippen LogP contribution in [0.25, 0.3) is 0 Å². The third-order valence-electron chi connectivity index (χ3n) is 2.84. The number of carbonyl (C=O) groups is 2. The van der Waals surface area contributed by atoms with Crippen molar-refractivity contribution in [2.45, 2.75) is 17.6 Å². The van der Waals surface area contributed by atoms with Crippen LogP contribution in [0.4, 0.5) is 0 Å². The van der Waals surface area contributed by atoms with Crippen molar-refractivity contribution >= 4 is 21.9 Å². The van der Waals surface area contributed by atoms with E-state index >= 15 is 0 Å². The molecule has 1 amide bonds. The molecule has 0 radical (unpaired) electrons. The highest BCUT2D eigenvalue weighted by Crippen LogP contribution is 2.29. The third kappa shape index (κ3) is 2.04. The summed E-state index contributed by atoms with van der Waals surface area (Å²) in [6, 6.07) is 2.74. The van der Waals surface area contributed by atoms with Crippen molar-refractivity contribution in [1.29, 1.82) is 0 Å². The highest BCUT2D eigenvalue weighted by atomic mass is 32.2. The maximum absolute atomic E-state index is 12.2. The highest BCUT2D eigenvalue weighted by Gasteiger charge is 2.47. The molecule has 1 unspecified atom stereocenters. The van der Waals surface area contributed by atoms with Gasteiger partial charge in [0.25, 0.3) is 15.9 Å². The number of methoxy groups -OCH3 is 1. The first kappa shape index (κ1) is 14.4. The zero-order chi connectivity index (χ0) is 15.1. The van der Waals surface area contributed by atoms with Gasteiger partial charge >= 0.3 is 5.97 Å². The minimum Gasteiger partial charge on any atom is -0.467 e. The van der Waals surface area contributed by atoms with Crippen LogP contribution in [0.2, 0.25) is 0 Å². The Morgan fingerprint density at radius 1 is 1.55 bits per heavy atom. The average molecular weight is 300 g/mol. The molecule has 0 fully saturated rings. The zero-order valence-corrected chi connectivity index (χ0v) is 11.5. The van der Waals surface area contributed by atoms with Crippen LogP contribution in [0.15, 0.2) is 23.4 Å². The lowest BCUT2D eigenvalue weighted by Crippen LogP contribution is -2.49. The van der Waals surface area contributed by atoms with Crippen LogP contribution in [0.1, 0.15) is 17.3 Å². The number of amides is 1. The van der Waals surface area contributed by atoms with Crippen molar-refractivity contribution in [3.8, 4) is 0 Å². The quantitative estimate of drug-likeness (QED) is 0.723. The number of β-amino-alcohol motifs (C(OH)–C–C–N with tert-alkyl or cyclic N) is 1. The van der Waals surface area contributed by atoms with E-state index in [1.807, 2.05) is 0 Å². The fourth-order valence-electron chi connectivity index (χ4n) is 1.83. The van der Waals surface area contributed by atoms with Gasteiger partial charge in [-0.05, 0) is 19.1 Å². The van der Waals surface area contributed by atoms with Gasteiger partial charge in [0.15, 0.2) is 10.6 Å². The van der Waals surface area contributed by atoms with Crippen molar-refractivity contribution in [2.75, 3.05) is 13.7 Å². The van der Waals surface area contributed by atoms with Crippen LogP contribution in [0.3, 0.4) is 0 Å². The first-order valence-corrected chi connectivity index (χ1v) is 6.98. The number of hydrogen-bond donors (Lipinski definition) is 1. The van der Waals surface area contributed by atoms with Crippen LogP contribution in [-0.2, 0) is 19.6 Å². The summed E-state index contributed by atoms with van der Waals surface area (Å²) in [6.07, 6.45) is 1.24. The summed E-state index contributed by atoms with van der Waals surface area (Å²) in [6.45, 7) is 0.329. The van der Waals surface area contributed by atoms with E-state index in [1.54, 1.807) is 0 Å². The molecule has 1 aliphatic heterocycles. The number of rotatable bonds is 3. The molecule has 0 aromatic carbocycles. The molecule has 2 rings (SSSR count). The van der Waals surface area contributed by atoms with Crippen molar-refractivity contribution in [1.82, 2.24) is 9.29 Å². The number of carbonyl (C=O) groups excluding carboxylic acids is 2. The Morgan fingerprint density at radius 2 is 2.20 bits per heavy atom. The Bertz CT molecular complexity index is 682. The molecule has 0 saturated carbocycles. The Hall–Kier alpha value is -2.00. The minimum atomic E-state index is -4.17. The SMILES string of the molecule is COC(=O)C(C)(O)CN1C(=O)c2cccnc2S1(=O)=O. The van der Waals surface area contributed by atoms with E-state index in [2.05, 4.69) is 9.72 Å². The smallest absolute Gasteiger partial charge is 0.339 e. The largest absolute Gasteiger partial charge is 0.467 e. The molecule has 0 saturated heterocycles. The molecule has 8 nitrogen and oxygen atoms in total. The Labute approximate surface area is 115 Å². The number of sulfonamides is 1. The van der Waals surface area contributed by atoms with Gasteiger partial charge in [-0.2, -0.15) is 8.42 Å². The maximum Gasteiger partial charge on any atom is 0.339 e. The zero-order valence-electron chi connectivity index (χ0n) is 10.7. The maximum atomic E-state index is 12.2. The van der Waals surface area contributed by atoms with Gasteiger partial charge in [-0.3, -0.25) is 4.79 Å². The summed E-state index contributed by atoms with van der Waals surface area (Å²) in [4.78, 5) is 27.1. The fraction of sp³-hybridized carbons (Fsp3) is 0.364. The van der Waals surface area contributed by atoms with Crippen LogP contribution in [0.5, 0.6) is 0 Å². The summed E-state index contributed by atoms with van der Waals surface area (Å²) < 4.78 is 29.1. The highest BCUT2D eigenvalue weighted by molar-refractivity contribution is 7.90. The number of esters is 1. The van der Waals surface area contributed by atoms with Gasteiger partial charge in [-0.1, -0.05) is 0 Å². The van der Waals surface area contributed by atoms with Crippen LogP contribution in [-0.4, -0.2) is 53.9 Å². The normalized spacial score (nSPS) is 19.4. The second kappa shape index (κ2) is 4.53. The summed E-state index contributed by atoms with van der Waals surface area (Å²) in [5.74, 6) is -1.87. The lowest BCUT2D eigenvalue weighted by molar-refractivity contribution is -0.160. The molecule has 2 heterocycles. The second-order valence-corrected chi connectivity index (χ2v) is 6.22. The molecule has 108 valence electrons. The predicted octanol–water partition coefficient (Wildman–Crippen LogP) is -0.850. The molecule has 9 heteroatoms. The van der Waals surface area contributed by atoms with E-state index in [-0.39, 0.29) is 10.6 Å². The minimum absolute atomic E-state index is 0.0897. The van der Waals surface area contributed by atoms with E-state index < -0.39 is 34.0 Å². The third-order valence-corrected chi connectivity index (χ3v) is 4.53. The predicted molar refractivity (Wildman–Crippen MR) is 65.1 cm³/mol. The Kier molecular flexibility index (Phi) is 3.26. The molecule has 20 heavy (non-hydrogen) atoms. The monoisotopic (exact) mass is 300 g/mol. The number of ether oxygens (including phenoxy) is 1. The second-order valence-electron chi connectivity index (χ2n) is 4.44. The van der Waals surface area contributed by atoms with E-state index in [1.165, 1.54) is 18.3 Å². The number of pyridine rings is 1. The molecule has 0 aliphatic carbocycles. The fourth-order valence-corrected chi connectivity index (χ4v) is 3.40. The Morgan fingerprint density at radius 3 is 2.75 bits per heavy atom. The van der Waals surface area contributed by atoms with Gasteiger partial charge in [0.1, 0.15) is 0 Å². The number of hydrogen-bond acceptors (Lipinski definition) is 7. The van der Waals surface area contributed by atoms with Crippen molar-refractivity contribution in [3.05, 3.63) is 23.9 Å². The molecule has 0 spiro atoms. The Balaban J connectivity index is 2.42. The molecule has 1 N–H and O–H groups in total. The summed E-state index contributed by atoms with van der Waals surface area (Å²) in [5.41, 5.74) is -2.23. The van der Waals surface area contributed by atoms with Gasteiger partial charge in [0, 0.05) is 6.20 Å². The molecule has 1 atom stereocenters. The van der Waals surface area contributed by atoms with Crippen molar-refractivity contribution in [2.24, 2.45) is 0 Å². The van der Waals surface area contributed by atoms with E-state index in [4.69, 9.17) is 0 Å². The van der Waals surface area contributed by atoms with Crippen molar-refractivity contribution in [3.63, 3.8) is 0 Å². The van der Waals surface area contributed by atoms with Gasteiger partial charge < -0.3 is 9.84 Å². The van der Waals surface area contributed by atoms with Gasteiger partial charge in [-0.25, -0.2) is 14.1 Å². The molecule has 1 aromatic rings. The topological polar surface area (TPSA) is 114 Å². The van der Waals surface area contributed by atoms with Gasteiger partial charge in [0.05, 0.1) is 19.2 Å². The summed E-state index contributed by atoms with van der Waals surface area (Å²) >= 11 is 0. The first-order valence-electron chi connectivity index (χ1n) is 5.54. The van der Waals surface area contributed by atoms with E-state index in [0.29, 0.717) is 4.31 Å². The number of nitrogens with zero attached hydrogens (tertiary/aromatic N) is 2. The standard InChI is InChI=1S/C11H12N2O6S/c1-11(16,10(15)19-2)6-13-9(14)7-4-3-5-12-8(7)20(13,17)18/h3-5,16H,6H2,1-2H3.